The zero-order valence-electron chi connectivity index (χ0n) is 16.6. The van der Waals surface area contributed by atoms with E-state index in [-0.39, 0.29) is 0 Å². The van der Waals surface area contributed by atoms with Crippen molar-refractivity contribution in [2.24, 2.45) is 4.99 Å². The summed E-state index contributed by atoms with van der Waals surface area (Å²) in [6.45, 7) is 7.59. The summed E-state index contributed by atoms with van der Waals surface area (Å²) >= 11 is 0. The molecule has 1 aromatic carbocycles. The minimum Gasteiger partial charge on any atom is -0.373 e. The number of nitrogens with one attached hydrogen (secondary N) is 2. The van der Waals surface area contributed by atoms with Gasteiger partial charge in [-0.15, -0.1) is 0 Å². The van der Waals surface area contributed by atoms with Crippen molar-refractivity contribution in [2.45, 2.75) is 50.5 Å². The fourth-order valence-electron chi connectivity index (χ4n) is 4.59. The Morgan fingerprint density at radius 1 is 1.19 bits per heavy atom. The average molecular weight is 372 g/mol. The molecule has 3 aliphatic heterocycles. The van der Waals surface area contributed by atoms with Gasteiger partial charge in [-0.05, 0) is 38.3 Å². The standard InChI is InChI=1S/C21H33N5O/c1-16(25-10-12-26(13-11-25)17-6-4-3-5-7-17)15-23-21(22-2)24-19-14-18-8-9-20(19)27-18/h3-7,16,18-20H,8-15H2,1-2H3,(H2,22,23,24). The van der Waals surface area contributed by atoms with E-state index in [0.717, 1.165) is 45.1 Å². The maximum atomic E-state index is 5.94. The molecule has 2 N–H and O–H groups in total. The summed E-state index contributed by atoms with van der Waals surface area (Å²) in [4.78, 5) is 9.46. The lowest BCUT2D eigenvalue weighted by Crippen LogP contribution is -2.54. The predicted octanol–water partition coefficient (Wildman–Crippen LogP) is 1.68. The molecule has 27 heavy (non-hydrogen) atoms. The van der Waals surface area contributed by atoms with Crippen molar-refractivity contribution in [3.05, 3.63) is 30.3 Å². The van der Waals surface area contributed by atoms with Crippen molar-refractivity contribution >= 4 is 11.6 Å². The first-order valence-electron chi connectivity index (χ1n) is 10.4. The van der Waals surface area contributed by atoms with Crippen LogP contribution < -0.4 is 15.5 Å². The molecule has 3 aliphatic rings. The van der Waals surface area contributed by atoms with Gasteiger partial charge in [0.1, 0.15) is 0 Å². The van der Waals surface area contributed by atoms with Gasteiger partial charge in [-0.1, -0.05) is 18.2 Å². The number of guanidine groups is 1. The number of ether oxygens (including phenoxy) is 1. The van der Waals surface area contributed by atoms with Gasteiger partial charge in [0.25, 0.3) is 0 Å². The van der Waals surface area contributed by atoms with Gasteiger partial charge in [-0.25, -0.2) is 0 Å². The summed E-state index contributed by atoms with van der Waals surface area (Å²) in [6, 6.07) is 11.6. The number of hydrogen-bond donors (Lipinski definition) is 2. The van der Waals surface area contributed by atoms with Crippen LogP contribution in [0, 0.1) is 0 Å². The van der Waals surface area contributed by atoms with Crippen molar-refractivity contribution in [3.8, 4) is 0 Å². The highest BCUT2D eigenvalue weighted by Gasteiger charge is 2.41. The number of fused-ring (bicyclic) bond motifs is 2. The highest BCUT2D eigenvalue weighted by molar-refractivity contribution is 5.80. The van der Waals surface area contributed by atoms with Gasteiger partial charge < -0.3 is 20.3 Å². The first-order chi connectivity index (χ1) is 13.2. The Balaban J connectivity index is 1.20. The Morgan fingerprint density at radius 3 is 2.59 bits per heavy atom. The van der Waals surface area contributed by atoms with Gasteiger partial charge in [0.2, 0.25) is 0 Å². The molecule has 1 aromatic rings. The monoisotopic (exact) mass is 371 g/mol. The number of aliphatic imine (C=N–C) groups is 1. The summed E-state index contributed by atoms with van der Waals surface area (Å²) in [5, 5.41) is 7.09. The third-order valence-corrected chi connectivity index (χ3v) is 6.28. The number of anilines is 1. The summed E-state index contributed by atoms with van der Waals surface area (Å²) in [5.41, 5.74) is 1.33. The lowest BCUT2D eigenvalue weighted by Gasteiger charge is -2.39. The highest BCUT2D eigenvalue weighted by Crippen LogP contribution is 2.34. The van der Waals surface area contributed by atoms with Crippen molar-refractivity contribution in [2.75, 3.05) is 44.7 Å². The molecular weight excluding hydrogens is 338 g/mol. The number of rotatable bonds is 5. The third kappa shape index (κ3) is 4.38. The van der Waals surface area contributed by atoms with Crippen LogP contribution in [0.25, 0.3) is 0 Å². The lowest BCUT2D eigenvalue weighted by molar-refractivity contribution is 0.0992. The Hall–Kier alpha value is -1.79. The Bertz CT molecular complexity index is 629. The van der Waals surface area contributed by atoms with Crippen LogP contribution in [0.5, 0.6) is 0 Å². The fraction of sp³-hybridized carbons (Fsp3) is 0.667. The maximum absolute atomic E-state index is 5.94. The highest BCUT2D eigenvalue weighted by atomic mass is 16.5. The van der Waals surface area contributed by atoms with E-state index >= 15 is 0 Å². The summed E-state index contributed by atoms with van der Waals surface area (Å²) in [7, 11) is 1.85. The first-order valence-corrected chi connectivity index (χ1v) is 10.4. The molecule has 0 saturated carbocycles. The molecule has 4 rings (SSSR count). The second-order valence-electron chi connectivity index (χ2n) is 8.02. The molecule has 3 fully saturated rings. The zero-order valence-corrected chi connectivity index (χ0v) is 16.6. The molecule has 0 spiro atoms. The minimum absolute atomic E-state index is 0.372. The molecule has 4 atom stereocenters. The maximum Gasteiger partial charge on any atom is 0.191 e. The Kier molecular flexibility index (Phi) is 5.83. The molecule has 0 amide bonds. The van der Waals surface area contributed by atoms with Crippen LogP contribution in [0.2, 0.25) is 0 Å². The van der Waals surface area contributed by atoms with Crippen molar-refractivity contribution in [3.63, 3.8) is 0 Å². The van der Waals surface area contributed by atoms with Gasteiger partial charge in [0, 0.05) is 51.5 Å². The smallest absolute Gasteiger partial charge is 0.191 e. The molecule has 6 nitrogen and oxygen atoms in total. The van der Waals surface area contributed by atoms with Gasteiger partial charge in [-0.3, -0.25) is 9.89 Å². The fourth-order valence-corrected chi connectivity index (χ4v) is 4.59. The van der Waals surface area contributed by atoms with Crippen LogP contribution in [0.15, 0.2) is 35.3 Å². The Labute approximate surface area is 163 Å². The lowest BCUT2D eigenvalue weighted by atomic mass is 9.96. The van der Waals surface area contributed by atoms with Gasteiger partial charge in [0.15, 0.2) is 5.96 Å². The second kappa shape index (κ2) is 8.48. The van der Waals surface area contributed by atoms with Gasteiger partial charge >= 0.3 is 0 Å². The summed E-state index contributed by atoms with van der Waals surface area (Å²) in [6.07, 6.45) is 4.35. The molecular formula is C21H33N5O. The number of para-hydroxylation sites is 1. The predicted molar refractivity (Wildman–Crippen MR) is 110 cm³/mol. The van der Waals surface area contributed by atoms with Crippen LogP contribution in [-0.2, 0) is 4.74 Å². The SMILES string of the molecule is CN=C(NCC(C)N1CCN(c2ccccc2)CC1)NC1CC2CCC1O2. The van der Waals surface area contributed by atoms with E-state index in [1.54, 1.807) is 0 Å². The van der Waals surface area contributed by atoms with Crippen LogP contribution in [0.4, 0.5) is 5.69 Å². The van der Waals surface area contributed by atoms with E-state index in [4.69, 9.17) is 4.74 Å². The molecule has 0 aromatic heterocycles. The number of piperazine rings is 1. The number of benzene rings is 1. The van der Waals surface area contributed by atoms with Gasteiger partial charge in [0.05, 0.1) is 18.2 Å². The van der Waals surface area contributed by atoms with Crippen LogP contribution >= 0.6 is 0 Å². The molecule has 2 bridgehead atoms. The largest absolute Gasteiger partial charge is 0.373 e. The van der Waals surface area contributed by atoms with Gasteiger partial charge in [-0.2, -0.15) is 0 Å². The van der Waals surface area contributed by atoms with E-state index in [2.05, 4.69) is 62.7 Å². The van der Waals surface area contributed by atoms with E-state index in [9.17, 15) is 0 Å². The summed E-state index contributed by atoms with van der Waals surface area (Å²) < 4.78 is 5.94. The number of hydrogen-bond acceptors (Lipinski definition) is 4. The molecule has 4 unspecified atom stereocenters. The normalized spacial score (nSPS) is 29.8. The van der Waals surface area contributed by atoms with E-state index < -0.39 is 0 Å². The molecule has 3 heterocycles. The molecule has 148 valence electrons. The van der Waals surface area contributed by atoms with Crippen LogP contribution in [-0.4, -0.2) is 74.9 Å². The molecule has 6 heteroatoms. The van der Waals surface area contributed by atoms with Crippen LogP contribution in [0.3, 0.4) is 0 Å². The second-order valence-corrected chi connectivity index (χ2v) is 8.02. The molecule has 0 aliphatic carbocycles. The topological polar surface area (TPSA) is 52.1 Å². The minimum atomic E-state index is 0.372. The zero-order chi connectivity index (χ0) is 18.6. The Morgan fingerprint density at radius 2 is 1.96 bits per heavy atom. The molecule has 0 radical (unpaired) electrons. The van der Waals surface area contributed by atoms with Crippen LogP contribution in [0.1, 0.15) is 26.2 Å². The van der Waals surface area contributed by atoms with Crippen molar-refractivity contribution < 1.29 is 4.74 Å². The van der Waals surface area contributed by atoms with E-state index in [0.29, 0.717) is 24.3 Å². The quantitative estimate of drug-likeness (QED) is 0.609. The van der Waals surface area contributed by atoms with E-state index in [1.807, 2.05) is 7.05 Å². The summed E-state index contributed by atoms with van der Waals surface area (Å²) in [5.74, 6) is 0.908. The van der Waals surface area contributed by atoms with E-state index in [1.165, 1.54) is 18.5 Å². The first kappa shape index (κ1) is 18.6. The number of nitrogens with zero attached hydrogens (tertiary/aromatic N) is 3. The van der Waals surface area contributed by atoms with Crippen molar-refractivity contribution in [1.29, 1.82) is 0 Å². The average Bonchev–Trinajstić information content (AvgIpc) is 3.35. The molecule has 3 saturated heterocycles. The third-order valence-electron chi connectivity index (χ3n) is 6.28. The van der Waals surface area contributed by atoms with Crippen molar-refractivity contribution in [1.82, 2.24) is 15.5 Å².